The molecule has 1 N–H and O–H groups in total. The summed E-state index contributed by atoms with van der Waals surface area (Å²) in [6, 6.07) is 12.2. The molecule has 4 rings (SSSR count). The number of carbonyl (C=O) groups excluding carboxylic acids is 2. The molecule has 0 spiro atoms. The third-order valence-corrected chi connectivity index (χ3v) is 6.37. The molecule has 2 heterocycles. The van der Waals surface area contributed by atoms with E-state index in [4.69, 9.17) is 13.9 Å². The molecule has 1 aromatic heterocycles. The average Bonchev–Trinajstić information content (AvgIpc) is 3.17. The van der Waals surface area contributed by atoms with Gasteiger partial charge in [-0.3, -0.25) is 9.52 Å². The Morgan fingerprint density at radius 2 is 1.75 bits per heavy atom. The lowest BCUT2D eigenvalue weighted by molar-refractivity contribution is 0.0285. The molecule has 0 bridgehead atoms. The number of fused-ring (bicyclic) bond motifs is 1. The van der Waals surface area contributed by atoms with Crippen molar-refractivity contribution >= 4 is 38.6 Å². The SMILES string of the molecule is CCOC(=O)c1ccc(S(=O)(=O)Nc2c(C(=O)N3CCOCC3)oc3ccccc23)cc1. The minimum atomic E-state index is -4.07. The Labute approximate surface area is 184 Å². The normalized spacial score (nSPS) is 14.3. The van der Waals surface area contributed by atoms with Crippen molar-refractivity contribution in [3.8, 4) is 0 Å². The van der Waals surface area contributed by atoms with E-state index < -0.39 is 21.9 Å². The summed E-state index contributed by atoms with van der Waals surface area (Å²) in [5.74, 6) is -1.04. The zero-order chi connectivity index (χ0) is 22.7. The van der Waals surface area contributed by atoms with Crippen LogP contribution < -0.4 is 4.72 Å². The van der Waals surface area contributed by atoms with E-state index in [0.717, 1.165) is 0 Å². The highest BCUT2D eigenvalue weighted by Crippen LogP contribution is 2.33. The third-order valence-electron chi connectivity index (χ3n) is 5.00. The van der Waals surface area contributed by atoms with E-state index in [1.54, 1.807) is 36.1 Å². The van der Waals surface area contributed by atoms with Gasteiger partial charge in [0.1, 0.15) is 11.3 Å². The maximum Gasteiger partial charge on any atom is 0.338 e. The lowest BCUT2D eigenvalue weighted by Crippen LogP contribution is -2.40. The standard InChI is InChI=1S/C22H22N2O7S/c1-2-30-22(26)15-7-9-16(10-8-15)32(27,28)23-19-17-5-3-4-6-18(17)31-20(19)21(25)24-11-13-29-14-12-24/h3-10,23H,2,11-14H2,1H3. The molecule has 0 saturated carbocycles. The van der Waals surface area contributed by atoms with E-state index in [2.05, 4.69) is 4.72 Å². The summed E-state index contributed by atoms with van der Waals surface area (Å²) >= 11 is 0. The number of ether oxygens (including phenoxy) is 2. The summed E-state index contributed by atoms with van der Waals surface area (Å²) in [5.41, 5.74) is 0.703. The largest absolute Gasteiger partial charge is 0.462 e. The fourth-order valence-electron chi connectivity index (χ4n) is 3.39. The van der Waals surface area contributed by atoms with Gasteiger partial charge in [-0.25, -0.2) is 13.2 Å². The maximum absolute atomic E-state index is 13.1. The Morgan fingerprint density at radius 3 is 2.44 bits per heavy atom. The van der Waals surface area contributed by atoms with Crippen LogP contribution in [-0.2, 0) is 19.5 Å². The highest BCUT2D eigenvalue weighted by atomic mass is 32.2. The number of benzene rings is 2. The van der Waals surface area contributed by atoms with E-state index in [0.29, 0.717) is 37.3 Å². The van der Waals surface area contributed by atoms with Gasteiger partial charge in [-0.2, -0.15) is 0 Å². The van der Waals surface area contributed by atoms with Gasteiger partial charge in [-0.1, -0.05) is 12.1 Å². The summed E-state index contributed by atoms with van der Waals surface area (Å²) in [5, 5.41) is 0.468. The first kappa shape index (κ1) is 21.8. The molecular formula is C22H22N2O7S. The average molecular weight is 458 g/mol. The Kier molecular flexibility index (Phi) is 6.15. The van der Waals surface area contributed by atoms with Gasteiger partial charge >= 0.3 is 5.97 Å². The molecule has 0 unspecified atom stereocenters. The molecule has 1 amide bonds. The molecule has 1 aliphatic heterocycles. The van der Waals surface area contributed by atoms with Gasteiger partial charge in [0.2, 0.25) is 5.76 Å². The van der Waals surface area contributed by atoms with Crippen molar-refractivity contribution in [2.75, 3.05) is 37.6 Å². The molecule has 0 radical (unpaired) electrons. The Bertz CT molecular complexity index is 1240. The number of rotatable bonds is 6. The topological polar surface area (TPSA) is 115 Å². The van der Waals surface area contributed by atoms with Crippen LogP contribution in [0, 0.1) is 0 Å². The molecule has 9 nitrogen and oxygen atoms in total. The first-order valence-electron chi connectivity index (χ1n) is 10.1. The van der Waals surface area contributed by atoms with Crippen molar-refractivity contribution in [3.05, 3.63) is 59.9 Å². The monoisotopic (exact) mass is 458 g/mol. The number of furan rings is 1. The van der Waals surface area contributed by atoms with Crippen LogP contribution in [0.2, 0.25) is 0 Å². The van der Waals surface area contributed by atoms with E-state index in [1.165, 1.54) is 24.3 Å². The van der Waals surface area contributed by atoms with Crippen LogP contribution in [0.3, 0.4) is 0 Å². The second kappa shape index (κ2) is 9.01. The number of nitrogens with zero attached hydrogens (tertiary/aromatic N) is 1. The van der Waals surface area contributed by atoms with Crippen LogP contribution in [-0.4, -0.2) is 58.1 Å². The van der Waals surface area contributed by atoms with Gasteiger partial charge in [-0.15, -0.1) is 0 Å². The summed E-state index contributed by atoms with van der Waals surface area (Å²) in [4.78, 5) is 26.4. The lowest BCUT2D eigenvalue weighted by atomic mass is 10.2. The molecule has 32 heavy (non-hydrogen) atoms. The van der Waals surface area contributed by atoms with E-state index in [1.807, 2.05) is 0 Å². The van der Waals surface area contributed by atoms with Crippen LogP contribution in [0.5, 0.6) is 0 Å². The van der Waals surface area contributed by atoms with Gasteiger partial charge < -0.3 is 18.8 Å². The first-order chi connectivity index (χ1) is 15.4. The third kappa shape index (κ3) is 4.32. The molecule has 10 heteroatoms. The number of anilines is 1. The number of para-hydroxylation sites is 1. The summed E-state index contributed by atoms with van der Waals surface area (Å²) in [6.07, 6.45) is 0. The predicted octanol–water partition coefficient (Wildman–Crippen LogP) is 2.88. The molecule has 2 aromatic carbocycles. The smallest absolute Gasteiger partial charge is 0.338 e. The zero-order valence-electron chi connectivity index (χ0n) is 17.4. The molecule has 1 fully saturated rings. The minimum absolute atomic E-state index is 0.0689. The molecule has 0 aliphatic carbocycles. The Balaban J connectivity index is 1.68. The van der Waals surface area contributed by atoms with E-state index >= 15 is 0 Å². The lowest BCUT2D eigenvalue weighted by Gasteiger charge is -2.26. The van der Waals surface area contributed by atoms with Gasteiger partial charge in [-0.05, 0) is 43.3 Å². The first-order valence-corrected chi connectivity index (χ1v) is 11.6. The quantitative estimate of drug-likeness (QED) is 0.565. The van der Waals surface area contributed by atoms with Crippen molar-refractivity contribution < 1.29 is 31.9 Å². The number of sulfonamides is 1. The number of amides is 1. The van der Waals surface area contributed by atoms with Crippen LogP contribution in [0.15, 0.2) is 57.8 Å². The molecule has 168 valence electrons. The fraction of sp³-hybridized carbons (Fsp3) is 0.273. The number of morpholine rings is 1. The molecular weight excluding hydrogens is 436 g/mol. The number of nitrogens with one attached hydrogen (secondary N) is 1. The van der Waals surface area contributed by atoms with E-state index in [9.17, 15) is 18.0 Å². The summed E-state index contributed by atoms with van der Waals surface area (Å²) < 4.78 is 44.6. The van der Waals surface area contributed by atoms with Gasteiger partial charge in [0, 0.05) is 18.5 Å². The summed E-state index contributed by atoms with van der Waals surface area (Å²) in [6.45, 7) is 3.48. The highest BCUT2D eigenvalue weighted by molar-refractivity contribution is 7.92. The molecule has 1 saturated heterocycles. The molecule has 3 aromatic rings. The van der Waals surface area contributed by atoms with Crippen LogP contribution in [0.4, 0.5) is 5.69 Å². The zero-order valence-corrected chi connectivity index (χ0v) is 18.2. The van der Waals surface area contributed by atoms with Crippen LogP contribution in [0.25, 0.3) is 11.0 Å². The van der Waals surface area contributed by atoms with Gasteiger partial charge in [0.05, 0.1) is 30.3 Å². The van der Waals surface area contributed by atoms with Crippen molar-refractivity contribution in [3.63, 3.8) is 0 Å². The molecule has 0 atom stereocenters. The number of hydrogen-bond acceptors (Lipinski definition) is 7. The Morgan fingerprint density at radius 1 is 1.06 bits per heavy atom. The van der Waals surface area contributed by atoms with E-state index in [-0.39, 0.29) is 28.5 Å². The molecule has 1 aliphatic rings. The second-order valence-electron chi connectivity index (χ2n) is 7.06. The minimum Gasteiger partial charge on any atom is -0.462 e. The fourth-order valence-corrected chi connectivity index (χ4v) is 4.47. The van der Waals surface area contributed by atoms with Crippen LogP contribution in [0.1, 0.15) is 27.8 Å². The van der Waals surface area contributed by atoms with Crippen molar-refractivity contribution in [1.29, 1.82) is 0 Å². The van der Waals surface area contributed by atoms with Crippen molar-refractivity contribution in [2.45, 2.75) is 11.8 Å². The maximum atomic E-state index is 13.1. The number of carbonyl (C=O) groups is 2. The van der Waals surface area contributed by atoms with Crippen LogP contribution >= 0.6 is 0 Å². The predicted molar refractivity (Wildman–Crippen MR) is 116 cm³/mol. The second-order valence-corrected chi connectivity index (χ2v) is 8.74. The van der Waals surface area contributed by atoms with Gasteiger partial charge in [0.15, 0.2) is 0 Å². The van der Waals surface area contributed by atoms with Gasteiger partial charge in [0.25, 0.3) is 15.9 Å². The number of esters is 1. The summed E-state index contributed by atoms with van der Waals surface area (Å²) in [7, 11) is -4.07. The van der Waals surface area contributed by atoms with Crippen molar-refractivity contribution in [1.82, 2.24) is 4.90 Å². The number of hydrogen-bond donors (Lipinski definition) is 1. The Hall–Kier alpha value is -3.37. The van der Waals surface area contributed by atoms with Crippen molar-refractivity contribution in [2.24, 2.45) is 0 Å². The highest BCUT2D eigenvalue weighted by Gasteiger charge is 2.29.